The molecule has 0 spiro atoms. The van der Waals surface area contributed by atoms with E-state index in [0.29, 0.717) is 23.9 Å². The van der Waals surface area contributed by atoms with Crippen LogP contribution in [0.25, 0.3) is 11.3 Å². The summed E-state index contributed by atoms with van der Waals surface area (Å²) < 4.78 is 5.81. The van der Waals surface area contributed by atoms with Crippen molar-refractivity contribution in [2.75, 3.05) is 6.54 Å². The molecule has 1 fully saturated rings. The highest BCUT2D eigenvalue weighted by Gasteiger charge is 2.37. The van der Waals surface area contributed by atoms with E-state index in [-0.39, 0.29) is 11.2 Å². The largest absolute Gasteiger partial charge is 0.455 e. The van der Waals surface area contributed by atoms with Crippen LogP contribution in [0.4, 0.5) is 0 Å². The van der Waals surface area contributed by atoms with Crippen LogP contribution in [0.15, 0.2) is 100 Å². The molecule has 150 valence electrons. The van der Waals surface area contributed by atoms with Gasteiger partial charge in [-0.3, -0.25) is 9.69 Å². The van der Waals surface area contributed by atoms with Crippen molar-refractivity contribution < 1.29 is 9.21 Å². The first-order valence-electron chi connectivity index (χ1n) is 9.64. The number of amidine groups is 1. The normalized spacial score (nSPS) is 17.9. The second-order valence-electron chi connectivity index (χ2n) is 6.73. The molecule has 1 unspecified atom stereocenters. The Morgan fingerprint density at radius 1 is 1.03 bits per heavy atom. The molecule has 0 N–H and O–H groups in total. The van der Waals surface area contributed by atoms with Crippen molar-refractivity contribution in [1.82, 2.24) is 4.90 Å². The topological polar surface area (TPSA) is 58.2 Å². The molecule has 30 heavy (non-hydrogen) atoms. The number of benzene rings is 2. The third kappa shape index (κ3) is 4.60. The zero-order chi connectivity index (χ0) is 20.8. The molecule has 1 aromatic heterocycles. The summed E-state index contributed by atoms with van der Waals surface area (Å²) in [4.78, 5) is 14.4. The number of nitrogens with zero attached hydrogens (tertiary/aromatic N) is 3. The molecule has 1 saturated heterocycles. The predicted octanol–water partition coefficient (Wildman–Crippen LogP) is 5.01. The van der Waals surface area contributed by atoms with Gasteiger partial charge >= 0.3 is 0 Å². The van der Waals surface area contributed by atoms with Crippen LogP contribution >= 0.6 is 11.8 Å². The number of thioether (sulfide) groups is 1. The lowest BCUT2D eigenvalue weighted by atomic mass is 10.1. The van der Waals surface area contributed by atoms with Crippen molar-refractivity contribution in [2.24, 2.45) is 10.2 Å². The smallest absolute Gasteiger partial charge is 0.242 e. The van der Waals surface area contributed by atoms with Crippen LogP contribution in [0.3, 0.4) is 0 Å². The van der Waals surface area contributed by atoms with E-state index >= 15 is 0 Å². The van der Waals surface area contributed by atoms with Crippen LogP contribution in [0.2, 0.25) is 0 Å². The molecule has 0 aliphatic carbocycles. The molecule has 0 bridgehead atoms. The van der Waals surface area contributed by atoms with Gasteiger partial charge in [0.1, 0.15) is 11.5 Å². The Labute approximate surface area is 179 Å². The lowest BCUT2D eigenvalue weighted by Gasteiger charge is -2.12. The fourth-order valence-electron chi connectivity index (χ4n) is 3.16. The Bertz CT molecular complexity index is 1070. The molecule has 0 radical (unpaired) electrons. The van der Waals surface area contributed by atoms with E-state index in [2.05, 4.69) is 16.8 Å². The minimum Gasteiger partial charge on any atom is -0.455 e. The lowest BCUT2D eigenvalue weighted by Crippen LogP contribution is -2.32. The van der Waals surface area contributed by atoms with Gasteiger partial charge in [0, 0.05) is 12.1 Å². The number of hydrogen-bond donors (Lipinski definition) is 0. The molecular weight excluding hydrogens is 394 g/mol. The molecule has 5 nitrogen and oxygen atoms in total. The number of amides is 1. The maximum atomic E-state index is 12.8. The molecule has 2 aromatic carbocycles. The van der Waals surface area contributed by atoms with Crippen LogP contribution in [0.1, 0.15) is 11.3 Å². The highest BCUT2D eigenvalue weighted by Crippen LogP contribution is 2.30. The molecule has 1 amide bonds. The summed E-state index contributed by atoms with van der Waals surface area (Å²) in [5.74, 6) is 1.40. The van der Waals surface area contributed by atoms with Gasteiger partial charge in [-0.1, -0.05) is 78.5 Å². The van der Waals surface area contributed by atoms with Crippen LogP contribution in [0.5, 0.6) is 0 Å². The third-order valence-electron chi connectivity index (χ3n) is 4.61. The maximum absolute atomic E-state index is 12.8. The van der Waals surface area contributed by atoms with Gasteiger partial charge in [0.15, 0.2) is 5.17 Å². The van der Waals surface area contributed by atoms with E-state index in [9.17, 15) is 4.79 Å². The van der Waals surface area contributed by atoms with Gasteiger partial charge in [-0.25, -0.2) is 0 Å². The monoisotopic (exact) mass is 415 g/mol. The van der Waals surface area contributed by atoms with Gasteiger partial charge < -0.3 is 4.42 Å². The first-order valence-corrected chi connectivity index (χ1v) is 10.5. The minimum absolute atomic E-state index is 0.0297. The number of rotatable bonds is 7. The van der Waals surface area contributed by atoms with Crippen LogP contribution in [-0.2, 0) is 11.2 Å². The standard InChI is InChI=1S/C24H21N3O2S/c1-2-15-27-23(28)22(16-18-9-5-3-6-10-18)30-24(27)26-25-17-20-13-14-21(29-20)19-11-7-4-8-12-19/h2-14,17,22H,1,15-16H2/b25-17-,26-24-. The van der Waals surface area contributed by atoms with E-state index < -0.39 is 0 Å². The second-order valence-corrected chi connectivity index (χ2v) is 7.90. The van der Waals surface area contributed by atoms with Crippen LogP contribution in [-0.4, -0.2) is 34.0 Å². The van der Waals surface area contributed by atoms with Crippen molar-refractivity contribution in [3.63, 3.8) is 0 Å². The number of furan rings is 1. The fourth-order valence-corrected chi connectivity index (χ4v) is 4.30. The molecule has 3 aromatic rings. The number of carbonyl (C=O) groups is 1. The highest BCUT2D eigenvalue weighted by atomic mass is 32.2. The summed E-state index contributed by atoms with van der Waals surface area (Å²) in [7, 11) is 0. The molecule has 2 heterocycles. The SMILES string of the molecule is C=CCN1C(=O)C(Cc2ccccc2)S/C1=N\N=C/c1ccc(-c2ccccc2)o1. The summed E-state index contributed by atoms with van der Waals surface area (Å²) in [5.41, 5.74) is 2.12. The third-order valence-corrected chi connectivity index (χ3v) is 5.77. The maximum Gasteiger partial charge on any atom is 0.242 e. The summed E-state index contributed by atoms with van der Waals surface area (Å²) in [5, 5.41) is 8.81. The molecule has 1 aliphatic heterocycles. The van der Waals surface area contributed by atoms with E-state index in [1.54, 1.807) is 17.2 Å². The Kier molecular flexibility index (Phi) is 6.25. The Balaban J connectivity index is 1.48. The van der Waals surface area contributed by atoms with E-state index in [4.69, 9.17) is 4.42 Å². The van der Waals surface area contributed by atoms with Crippen LogP contribution in [0, 0.1) is 0 Å². The van der Waals surface area contributed by atoms with Gasteiger partial charge in [-0.05, 0) is 24.1 Å². The first kappa shape index (κ1) is 19.9. The molecule has 4 rings (SSSR count). The van der Waals surface area contributed by atoms with Crippen LogP contribution < -0.4 is 0 Å². The van der Waals surface area contributed by atoms with E-state index in [1.165, 1.54) is 11.8 Å². The van der Waals surface area contributed by atoms with Gasteiger partial charge in [0.25, 0.3) is 0 Å². The van der Waals surface area contributed by atoms with Gasteiger partial charge in [0.2, 0.25) is 5.91 Å². The first-order chi connectivity index (χ1) is 14.7. The van der Waals surface area contributed by atoms with Crippen molar-refractivity contribution in [3.05, 3.63) is 96.8 Å². The predicted molar refractivity (Wildman–Crippen MR) is 123 cm³/mol. The Morgan fingerprint density at radius 3 is 2.50 bits per heavy atom. The molecular formula is C24H21N3O2S. The van der Waals surface area contributed by atoms with Crippen molar-refractivity contribution in [1.29, 1.82) is 0 Å². The summed E-state index contributed by atoms with van der Waals surface area (Å²) >= 11 is 1.43. The average molecular weight is 416 g/mol. The lowest BCUT2D eigenvalue weighted by molar-refractivity contribution is -0.125. The van der Waals surface area contributed by atoms with Gasteiger partial charge in [-0.2, -0.15) is 5.10 Å². The molecule has 1 atom stereocenters. The quantitative estimate of drug-likeness (QED) is 0.310. The minimum atomic E-state index is -0.213. The molecule has 6 heteroatoms. The highest BCUT2D eigenvalue weighted by molar-refractivity contribution is 8.15. The van der Waals surface area contributed by atoms with Gasteiger partial charge in [0.05, 0.1) is 11.5 Å². The number of carbonyl (C=O) groups excluding carboxylic acids is 1. The summed E-state index contributed by atoms with van der Waals surface area (Å²) in [6.45, 7) is 4.16. The Morgan fingerprint density at radius 2 is 1.77 bits per heavy atom. The fraction of sp³-hybridized carbons (Fsp3) is 0.125. The zero-order valence-corrected chi connectivity index (χ0v) is 17.2. The van der Waals surface area contributed by atoms with Crippen molar-refractivity contribution in [2.45, 2.75) is 11.7 Å². The van der Waals surface area contributed by atoms with Gasteiger partial charge in [-0.15, -0.1) is 11.7 Å². The Hall–Kier alpha value is -3.38. The summed E-state index contributed by atoms with van der Waals surface area (Å²) in [6, 6.07) is 23.6. The van der Waals surface area contributed by atoms with Crippen molar-refractivity contribution in [3.8, 4) is 11.3 Å². The number of hydrogen-bond acceptors (Lipinski definition) is 5. The van der Waals surface area contributed by atoms with E-state index in [0.717, 1.165) is 16.9 Å². The second kappa shape index (κ2) is 9.41. The average Bonchev–Trinajstić information content (AvgIpc) is 3.36. The van der Waals surface area contributed by atoms with E-state index in [1.807, 2.05) is 72.8 Å². The van der Waals surface area contributed by atoms with Crippen molar-refractivity contribution >= 4 is 29.1 Å². The molecule has 1 aliphatic rings. The summed E-state index contributed by atoms with van der Waals surface area (Å²) in [6.07, 6.45) is 3.90. The zero-order valence-electron chi connectivity index (χ0n) is 16.3. The molecule has 0 saturated carbocycles.